The van der Waals surface area contributed by atoms with E-state index < -0.39 is 17.6 Å². The highest BCUT2D eigenvalue weighted by Gasteiger charge is 2.23. The van der Waals surface area contributed by atoms with Crippen LogP contribution in [0.3, 0.4) is 0 Å². The van der Waals surface area contributed by atoms with Crippen molar-refractivity contribution in [1.82, 2.24) is 14.9 Å². The van der Waals surface area contributed by atoms with Crippen LogP contribution in [0.4, 0.5) is 26.0 Å². The third-order valence-electron chi connectivity index (χ3n) is 5.89. The van der Waals surface area contributed by atoms with Crippen molar-refractivity contribution < 1.29 is 28.2 Å². The third kappa shape index (κ3) is 6.93. The number of carbonyl (C=O) groups is 1. The summed E-state index contributed by atoms with van der Waals surface area (Å²) < 4.78 is 39.5. The molecule has 4 rings (SSSR count). The van der Waals surface area contributed by atoms with Crippen molar-refractivity contribution in [3.05, 3.63) is 59.4 Å². The molecular weight excluding hydrogens is 520 g/mol. The molecule has 2 heterocycles. The summed E-state index contributed by atoms with van der Waals surface area (Å²) in [6.07, 6.45) is 3.33. The topological polar surface area (TPSA) is 109 Å². The van der Waals surface area contributed by atoms with Gasteiger partial charge in [-0.1, -0.05) is 11.6 Å². The number of nitrogens with zero attached hydrogens (tertiary/aromatic N) is 3. The second kappa shape index (κ2) is 12.9. The largest absolute Gasteiger partial charge is 0.492 e. The van der Waals surface area contributed by atoms with Crippen LogP contribution < -0.4 is 15.4 Å². The SMILES string of the molecule is CCOc1cc2ncnc(Nc3ccc(F)c(Cl)c3)c2cc1NC(=O)C(F)=CCN1CCC(OCCO)C1. The van der Waals surface area contributed by atoms with Crippen LogP contribution in [0.5, 0.6) is 5.75 Å². The summed E-state index contributed by atoms with van der Waals surface area (Å²) in [6, 6.07) is 7.36. The Hall–Kier alpha value is -3.38. The molecule has 0 aliphatic carbocycles. The zero-order valence-corrected chi connectivity index (χ0v) is 21.5. The van der Waals surface area contributed by atoms with E-state index in [2.05, 4.69) is 20.6 Å². The lowest BCUT2D eigenvalue weighted by Gasteiger charge is -2.15. The number of anilines is 3. The molecule has 1 aliphatic heterocycles. The second-order valence-electron chi connectivity index (χ2n) is 8.55. The number of rotatable bonds is 11. The van der Waals surface area contributed by atoms with Crippen LogP contribution in [0.1, 0.15) is 13.3 Å². The summed E-state index contributed by atoms with van der Waals surface area (Å²) >= 11 is 5.89. The molecule has 1 unspecified atom stereocenters. The number of aliphatic hydroxyl groups is 1. The van der Waals surface area contributed by atoms with Gasteiger partial charge in [0.2, 0.25) is 0 Å². The maximum atomic E-state index is 14.7. The molecule has 3 N–H and O–H groups in total. The number of carbonyl (C=O) groups excluding carboxylic acids is 1. The molecule has 1 fully saturated rings. The number of hydrogen-bond acceptors (Lipinski definition) is 8. The summed E-state index contributed by atoms with van der Waals surface area (Å²) in [5, 5.41) is 15.0. The molecule has 1 atom stereocenters. The van der Waals surface area contributed by atoms with Crippen LogP contribution in [-0.2, 0) is 9.53 Å². The minimum atomic E-state index is -0.934. The second-order valence-corrected chi connectivity index (χ2v) is 8.95. The molecule has 1 aliphatic rings. The van der Waals surface area contributed by atoms with Gasteiger partial charge in [-0.05, 0) is 43.7 Å². The van der Waals surface area contributed by atoms with Gasteiger partial charge in [-0.15, -0.1) is 0 Å². The number of aliphatic hydroxyl groups excluding tert-OH is 1. The zero-order valence-electron chi connectivity index (χ0n) is 20.7. The summed E-state index contributed by atoms with van der Waals surface area (Å²) in [5.74, 6) is -1.71. The summed E-state index contributed by atoms with van der Waals surface area (Å²) in [6.45, 7) is 3.86. The first-order chi connectivity index (χ1) is 18.4. The van der Waals surface area contributed by atoms with Gasteiger partial charge in [0, 0.05) is 36.8 Å². The van der Waals surface area contributed by atoms with Crippen LogP contribution >= 0.6 is 11.6 Å². The number of ether oxygens (including phenoxy) is 2. The molecule has 38 heavy (non-hydrogen) atoms. The zero-order chi connectivity index (χ0) is 27.1. The molecule has 202 valence electrons. The summed E-state index contributed by atoms with van der Waals surface area (Å²) in [4.78, 5) is 23.2. The predicted molar refractivity (Wildman–Crippen MR) is 141 cm³/mol. The van der Waals surface area contributed by atoms with Crippen LogP contribution in [0, 0.1) is 5.82 Å². The number of halogens is 3. The molecule has 1 aromatic heterocycles. The standard InChI is InChI=1S/C26H28ClF2N5O4/c1-2-37-24-13-22-18(25(31-15-30-22)32-16-3-4-20(28)19(27)11-16)12-23(24)33-26(36)21(29)6-8-34-7-5-17(14-34)38-10-9-35/h3-4,6,11-13,15,17,35H,2,5,7-10,14H2,1H3,(H,33,36)(H,30,31,32). The molecule has 2 aromatic carbocycles. The fourth-order valence-electron chi connectivity index (χ4n) is 4.07. The van der Waals surface area contributed by atoms with Gasteiger partial charge in [-0.25, -0.2) is 18.7 Å². The van der Waals surface area contributed by atoms with E-state index in [1.54, 1.807) is 19.1 Å². The lowest BCUT2D eigenvalue weighted by molar-refractivity contribution is -0.114. The monoisotopic (exact) mass is 547 g/mol. The van der Waals surface area contributed by atoms with Gasteiger partial charge < -0.3 is 25.2 Å². The van der Waals surface area contributed by atoms with Crippen molar-refractivity contribution >= 4 is 45.6 Å². The molecule has 1 saturated heterocycles. The van der Waals surface area contributed by atoms with E-state index >= 15 is 0 Å². The number of nitrogens with one attached hydrogen (secondary N) is 2. The average molecular weight is 548 g/mol. The maximum absolute atomic E-state index is 14.7. The summed E-state index contributed by atoms with van der Waals surface area (Å²) in [5.41, 5.74) is 1.25. The third-order valence-corrected chi connectivity index (χ3v) is 6.18. The van der Waals surface area contributed by atoms with Crippen LogP contribution in [0.2, 0.25) is 5.02 Å². The Morgan fingerprint density at radius 3 is 2.92 bits per heavy atom. The quantitative estimate of drug-likeness (QED) is 0.302. The molecule has 3 aromatic rings. The Morgan fingerprint density at radius 2 is 2.16 bits per heavy atom. The van der Waals surface area contributed by atoms with Crippen LogP contribution in [-0.4, -0.2) is 71.4 Å². The molecular formula is C26H28ClF2N5O4. The molecule has 9 nitrogen and oxygen atoms in total. The first-order valence-electron chi connectivity index (χ1n) is 12.1. The van der Waals surface area contributed by atoms with E-state index in [4.69, 9.17) is 26.2 Å². The lowest BCUT2D eigenvalue weighted by Crippen LogP contribution is -2.25. The van der Waals surface area contributed by atoms with Crippen molar-refractivity contribution in [2.75, 3.05) is 50.1 Å². The number of hydrogen-bond donors (Lipinski definition) is 3. The molecule has 0 spiro atoms. The van der Waals surface area contributed by atoms with Crippen LogP contribution in [0.15, 0.2) is 48.6 Å². The van der Waals surface area contributed by atoms with Gasteiger partial charge in [0.05, 0.1) is 42.2 Å². The molecule has 0 saturated carbocycles. The smallest absolute Gasteiger partial charge is 0.284 e. The number of fused-ring (bicyclic) bond motifs is 1. The van der Waals surface area contributed by atoms with Gasteiger partial charge in [0.15, 0.2) is 5.83 Å². The first kappa shape index (κ1) is 27.6. The molecule has 0 radical (unpaired) electrons. The van der Waals surface area contributed by atoms with E-state index in [0.717, 1.165) is 6.42 Å². The van der Waals surface area contributed by atoms with Gasteiger partial charge in [-0.3, -0.25) is 9.69 Å². The van der Waals surface area contributed by atoms with E-state index in [1.165, 1.54) is 30.6 Å². The van der Waals surface area contributed by atoms with Gasteiger partial charge in [-0.2, -0.15) is 0 Å². The van der Waals surface area contributed by atoms with Crippen molar-refractivity contribution in [3.63, 3.8) is 0 Å². The highest BCUT2D eigenvalue weighted by atomic mass is 35.5. The van der Waals surface area contributed by atoms with Gasteiger partial charge in [0.25, 0.3) is 5.91 Å². The van der Waals surface area contributed by atoms with Crippen molar-refractivity contribution in [2.45, 2.75) is 19.4 Å². The maximum Gasteiger partial charge on any atom is 0.284 e. The van der Waals surface area contributed by atoms with E-state index in [-0.39, 0.29) is 36.6 Å². The number of benzene rings is 2. The number of aromatic nitrogens is 2. The van der Waals surface area contributed by atoms with E-state index in [1.807, 2.05) is 4.90 Å². The van der Waals surface area contributed by atoms with E-state index in [9.17, 15) is 13.6 Å². The predicted octanol–water partition coefficient (Wildman–Crippen LogP) is 4.44. The summed E-state index contributed by atoms with van der Waals surface area (Å²) in [7, 11) is 0. The molecule has 1 amide bonds. The number of amides is 1. The van der Waals surface area contributed by atoms with Gasteiger partial charge >= 0.3 is 0 Å². The van der Waals surface area contributed by atoms with Crippen molar-refractivity contribution in [2.24, 2.45) is 0 Å². The fraction of sp³-hybridized carbons (Fsp3) is 0.346. The fourth-order valence-corrected chi connectivity index (χ4v) is 4.25. The minimum absolute atomic E-state index is 0.0188. The highest BCUT2D eigenvalue weighted by molar-refractivity contribution is 6.31. The molecule has 0 bridgehead atoms. The first-order valence-corrected chi connectivity index (χ1v) is 12.5. The highest BCUT2D eigenvalue weighted by Crippen LogP contribution is 2.34. The van der Waals surface area contributed by atoms with Gasteiger partial charge in [0.1, 0.15) is 23.7 Å². The van der Waals surface area contributed by atoms with E-state index in [0.29, 0.717) is 47.9 Å². The average Bonchev–Trinajstić information content (AvgIpc) is 3.36. The Labute approximate surface area is 223 Å². The molecule has 12 heteroatoms. The Bertz CT molecular complexity index is 1330. The van der Waals surface area contributed by atoms with Crippen molar-refractivity contribution in [1.29, 1.82) is 0 Å². The number of likely N-dealkylation sites (tertiary alicyclic amines) is 1. The Morgan fingerprint density at radius 1 is 1.32 bits per heavy atom. The minimum Gasteiger partial charge on any atom is -0.492 e. The van der Waals surface area contributed by atoms with Crippen molar-refractivity contribution in [3.8, 4) is 5.75 Å². The van der Waals surface area contributed by atoms with Crippen LogP contribution in [0.25, 0.3) is 10.9 Å². The Kier molecular flexibility index (Phi) is 9.40. The normalized spacial score (nSPS) is 16.1. The lowest BCUT2D eigenvalue weighted by atomic mass is 10.1. The Balaban J connectivity index is 1.52.